The number of amides is 1. The number of hydrogen-bond acceptors (Lipinski definition) is 4. The molecule has 0 saturated carbocycles. The Morgan fingerprint density at radius 3 is 2.70 bits per heavy atom. The molecule has 0 aliphatic heterocycles. The Morgan fingerprint density at radius 1 is 1.17 bits per heavy atom. The summed E-state index contributed by atoms with van der Waals surface area (Å²) in [7, 11) is 1.60. The number of rotatable bonds is 7. The summed E-state index contributed by atoms with van der Waals surface area (Å²) in [4.78, 5) is 16.8. The topological polar surface area (TPSA) is 59.9 Å². The summed E-state index contributed by atoms with van der Waals surface area (Å²) in [6, 6.07) is 15.3. The zero-order valence-electron chi connectivity index (χ0n) is 13.3. The second kappa shape index (κ2) is 8.58. The van der Waals surface area contributed by atoms with Gasteiger partial charge < -0.3 is 14.9 Å². The van der Waals surface area contributed by atoms with Crippen LogP contribution in [0.5, 0.6) is 5.75 Å². The van der Waals surface area contributed by atoms with Crippen molar-refractivity contribution in [3.8, 4) is 5.75 Å². The third-order valence-corrected chi connectivity index (χ3v) is 3.32. The van der Waals surface area contributed by atoms with Gasteiger partial charge in [0.2, 0.25) is 0 Å². The van der Waals surface area contributed by atoms with E-state index in [0.717, 1.165) is 22.4 Å². The van der Waals surface area contributed by atoms with Crippen LogP contribution >= 0.6 is 0 Å². The third-order valence-electron chi connectivity index (χ3n) is 3.32. The van der Waals surface area contributed by atoms with Crippen molar-refractivity contribution in [1.29, 1.82) is 0 Å². The number of para-hydroxylation sites is 1. The first-order valence-corrected chi connectivity index (χ1v) is 7.30. The minimum atomic E-state index is -0.238. The molecule has 2 rings (SSSR count). The third kappa shape index (κ3) is 5.14. The Hall–Kier alpha value is -2.82. The first-order valence-electron chi connectivity index (χ1n) is 7.30. The molecule has 120 valence electrons. The molecule has 0 heterocycles. The number of carbonyl (C=O) groups excluding carboxylic acids is 1. The molecule has 1 N–H and O–H groups in total. The Kier molecular flexibility index (Phi) is 6.17. The van der Waals surface area contributed by atoms with Crippen LogP contribution in [-0.4, -0.2) is 25.8 Å². The number of benzene rings is 2. The maximum atomic E-state index is 11.7. The second-order valence-corrected chi connectivity index (χ2v) is 4.95. The number of oxime groups is 1. The molecule has 0 radical (unpaired) electrons. The predicted molar refractivity (Wildman–Crippen MR) is 89.6 cm³/mol. The molecule has 0 bridgehead atoms. The van der Waals surface area contributed by atoms with Crippen LogP contribution in [-0.2, 0) is 16.2 Å². The standard InChI is InChI=1S/C18H20N2O3/c1-14-7-3-4-8-15(14)12-20-23-13-18(21)19-11-16-9-5-6-10-17(16)22-2/h3-10,12H,11,13H2,1-2H3,(H,19,21). The highest BCUT2D eigenvalue weighted by Gasteiger charge is 2.05. The highest BCUT2D eigenvalue weighted by molar-refractivity contribution is 5.81. The van der Waals surface area contributed by atoms with E-state index in [0.29, 0.717) is 6.54 Å². The summed E-state index contributed by atoms with van der Waals surface area (Å²) < 4.78 is 5.23. The Balaban J connectivity index is 1.76. The van der Waals surface area contributed by atoms with Gasteiger partial charge >= 0.3 is 0 Å². The van der Waals surface area contributed by atoms with E-state index in [1.54, 1.807) is 13.3 Å². The van der Waals surface area contributed by atoms with Gasteiger partial charge in [-0.3, -0.25) is 4.79 Å². The molecule has 23 heavy (non-hydrogen) atoms. The van der Waals surface area contributed by atoms with Crippen molar-refractivity contribution < 1.29 is 14.4 Å². The fraction of sp³-hybridized carbons (Fsp3) is 0.222. The lowest BCUT2D eigenvalue weighted by molar-refractivity contribution is -0.125. The van der Waals surface area contributed by atoms with Crippen molar-refractivity contribution in [2.75, 3.05) is 13.7 Å². The van der Waals surface area contributed by atoms with Gasteiger partial charge in [0, 0.05) is 12.1 Å². The average molecular weight is 312 g/mol. The summed E-state index contributed by atoms with van der Waals surface area (Å²) in [6.07, 6.45) is 1.60. The molecule has 0 unspecified atom stereocenters. The van der Waals surface area contributed by atoms with Gasteiger partial charge in [0.15, 0.2) is 6.61 Å². The van der Waals surface area contributed by atoms with Crippen LogP contribution in [0.1, 0.15) is 16.7 Å². The van der Waals surface area contributed by atoms with Crippen LogP contribution in [0, 0.1) is 6.92 Å². The van der Waals surface area contributed by atoms with E-state index >= 15 is 0 Å². The molecule has 0 aromatic heterocycles. The number of aryl methyl sites for hydroxylation is 1. The van der Waals surface area contributed by atoms with E-state index in [1.807, 2.05) is 55.5 Å². The molecule has 0 atom stereocenters. The van der Waals surface area contributed by atoms with E-state index in [-0.39, 0.29) is 12.5 Å². The molecule has 0 saturated heterocycles. The van der Waals surface area contributed by atoms with E-state index in [1.165, 1.54) is 0 Å². The zero-order valence-corrected chi connectivity index (χ0v) is 13.3. The van der Waals surface area contributed by atoms with E-state index in [2.05, 4.69) is 10.5 Å². The molecule has 2 aromatic carbocycles. The number of ether oxygens (including phenoxy) is 1. The first-order chi connectivity index (χ1) is 11.2. The fourth-order valence-corrected chi connectivity index (χ4v) is 2.02. The molecular weight excluding hydrogens is 292 g/mol. The predicted octanol–water partition coefficient (Wildman–Crippen LogP) is 2.67. The molecule has 1 amide bonds. The van der Waals surface area contributed by atoms with Crippen LogP contribution in [0.2, 0.25) is 0 Å². The van der Waals surface area contributed by atoms with Gasteiger partial charge in [-0.15, -0.1) is 0 Å². The second-order valence-electron chi connectivity index (χ2n) is 4.95. The highest BCUT2D eigenvalue weighted by atomic mass is 16.6. The molecule has 0 aliphatic rings. The van der Waals surface area contributed by atoms with Crippen LogP contribution in [0.25, 0.3) is 0 Å². The lowest BCUT2D eigenvalue weighted by Gasteiger charge is -2.09. The maximum absolute atomic E-state index is 11.7. The summed E-state index contributed by atoms with van der Waals surface area (Å²) in [5.41, 5.74) is 2.97. The summed E-state index contributed by atoms with van der Waals surface area (Å²) in [5, 5.41) is 6.59. The smallest absolute Gasteiger partial charge is 0.261 e. The Bertz CT molecular complexity index is 683. The van der Waals surface area contributed by atoms with Crippen molar-refractivity contribution in [3.63, 3.8) is 0 Å². The van der Waals surface area contributed by atoms with Crippen LogP contribution in [0.4, 0.5) is 0 Å². The molecule has 0 aliphatic carbocycles. The molecule has 2 aromatic rings. The summed E-state index contributed by atoms with van der Waals surface area (Å²) in [5.74, 6) is 0.504. The van der Waals surface area contributed by atoms with Crippen molar-refractivity contribution in [2.45, 2.75) is 13.5 Å². The van der Waals surface area contributed by atoms with Gasteiger partial charge in [-0.05, 0) is 24.1 Å². The van der Waals surface area contributed by atoms with Gasteiger partial charge in [-0.25, -0.2) is 0 Å². The van der Waals surface area contributed by atoms with Crippen molar-refractivity contribution in [3.05, 3.63) is 65.2 Å². The average Bonchev–Trinajstić information content (AvgIpc) is 2.58. The number of methoxy groups -OCH3 is 1. The lowest BCUT2D eigenvalue weighted by atomic mass is 10.1. The lowest BCUT2D eigenvalue weighted by Crippen LogP contribution is -2.26. The van der Waals surface area contributed by atoms with Crippen LogP contribution in [0.3, 0.4) is 0 Å². The highest BCUT2D eigenvalue weighted by Crippen LogP contribution is 2.16. The minimum absolute atomic E-state index is 0.127. The molecule has 0 spiro atoms. The van der Waals surface area contributed by atoms with E-state index < -0.39 is 0 Å². The van der Waals surface area contributed by atoms with Gasteiger partial charge in [0.1, 0.15) is 5.75 Å². The van der Waals surface area contributed by atoms with Gasteiger partial charge in [0.25, 0.3) is 5.91 Å². The Morgan fingerprint density at radius 2 is 1.91 bits per heavy atom. The molecule has 5 heteroatoms. The number of hydrogen-bond donors (Lipinski definition) is 1. The first kappa shape index (κ1) is 16.5. The van der Waals surface area contributed by atoms with E-state index in [9.17, 15) is 4.79 Å². The van der Waals surface area contributed by atoms with Crippen molar-refractivity contribution in [1.82, 2.24) is 5.32 Å². The normalized spacial score (nSPS) is 10.5. The summed E-state index contributed by atoms with van der Waals surface area (Å²) >= 11 is 0. The SMILES string of the molecule is COc1ccccc1CNC(=O)CON=Cc1ccccc1C. The largest absolute Gasteiger partial charge is 0.496 e. The molecule has 0 fully saturated rings. The van der Waals surface area contributed by atoms with Crippen LogP contribution in [0.15, 0.2) is 53.7 Å². The quantitative estimate of drug-likeness (QED) is 0.631. The zero-order chi connectivity index (χ0) is 16.5. The van der Waals surface area contributed by atoms with E-state index in [4.69, 9.17) is 9.57 Å². The molecular formula is C18H20N2O3. The number of nitrogens with one attached hydrogen (secondary N) is 1. The van der Waals surface area contributed by atoms with Gasteiger partial charge in [-0.2, -0.15) is 0 Å². The maximum Gasteiger partial charge on any atom is 0.261 e. The molecule has 5 nitrogen and oxygen atoms in total. The number of carbonyl (C=O) groups is 1. The minimum Gasteiger partial charge on any atom is -0.496 e. The summed E-state index contributed by atoms with van der Waals surface area (Å²) in [6.45, 7) is 2.24. The van der Waals surface area contributed by atoms with Crippen LogP contribution < -0.4 is 10.1 Å². The van der Waals surface area contributed by atoms with Crippen molar-refractivity contribution >= 4 is 12.1 Å². The number of nitrogens with zero attached hydrogens (tertiary/aromatic N) is 1. The van der Waals surface area contributed by atoms with Crippen molar-refractivity contribution in [2.24, 2.45) is 5.16 Å². The van der Waals surface area contributed by atoms with Gasteiger partial charge in [0.05, 0.1) is 13.3 Å². The monoisotopic (exact) mass is 312 g/mol. The fourth-order valence-electron chi connectivity index (χ4n) is 2.02. The van der Waals surface area contributed by atoms with Gasteiger partial charge in [-0.1, -0.05) is 47.6 Å². The Labute approximate surface area is 135 Å².